The Morgan fingerprint density at radius 1 is 0.551 bits per heavy atom. The molecular weight excluding hydrogens is 615 g/mol. The number of nitrogens with zero attached hydrogens (tertiary/aromatic N) is 1. The largest absolute Gasteiger partial charge is 0.455 e. The van der Waals surface area contributed by atoms with Crippen LogP contribution < -0.4 is 4.90 Å². The fourth-order valence-corrected chi connectivity index (χ4v) is 7.31. The lowest BCUT2D eigenvalue weighted by Crippen LogP contribution is -2.08. The zero-order valence-electron chi connectivity index (χ0n) is 26.9. The van der Waals surface area contributed by atoms with Gasteiger partial charge in [-0.05, 0) is 82.4 Å². The maximum atomic E-state index is 6.33. The first kappa shape index (κ1) is 30.2. The maximum Gasteiger partial charge on any atom is 0.144 e. The standard InChI is InChI=1S/C46H33NOS/c1-2-33(34-13-5-3-6-14-34)17-12-32-47(38-26-22-36(23-27-38)35-15-7-4-8-16-35)39-28-24-37(25-29-39)44-30-31-45(49-44)42-20-11-19-41-40-18-9-10-21-43(40)48-46(41)42/h2-32H,1H2. The van der Waals surface area contributed by atoms with Crippen molar-refractivity contribution < 1.29 is 4.42 Å². The lowest BCUT2D eigenvalue weighted by atomic mass is 10.0. The Morgan fingerprint density at radius 2 is 1.16 bits per heavy atom. The van der Waals surface area contributed by atoms with Crippen molar-refractivity contribution in [2.45, 2.75) is 0 Å². The number of thiophene rings is 1. The van der Waals surface area contributed by atoms with Crippen molar-refractivity contribution in [3.63, 3.8) is 0 Å². The molecule has 2 nitrogen and oxygen atoms in total. The van der Waals surface area contributed by atoms with Crippen LogP contribution in [0.15, 0.2) is 199 Å². The average Bonchev–Trinajstić information content (AvgIpc) is 3.82. The van der Waals surface area contributed by atoms with Gasteiger partial charge >= 0.3 is 0 Å². The molecule has 0 N–H and O–H groups in total. The van der Waals surface area contributed by atoms with E-state index in [0.717, 1.165) is 50.0 Å². The highest BCUT2D eigenvalue weighted by Gasteiger charge is 2.14. The molecule has 0 bridgehead atoms. The summed E-state index contributed by atoms with van der Waals surface area (Å²) in [4.78, 5) is 4.63. The minimum absolute atomic E-state index is 0.918. The van der Waals surface area contributed by atoms with Gasteiger partial charge in [-0.1, -0.05) is 134 Å². The van der Waals surface area contributed by atoms with E-state index in [9.17, 15) is 0 Å². The van der Waals surface area contributed by atoms with Crippen molar-refractivity contribution in [1.82, 2.24) is 0 Å². The summed E-state index contributed by atoms with van der Waals surface area (Å²) in [5.74, 6) is 0. The van der Waals surface area contributed by atoms with Crippen LogP contribution in [-0.2, 0) is 0 Å². The van der Waals surface area contributed by atoms with Crippen LogP contribution in [0, 0.1) is 0 Å². The summed E-state index contributed by atoms with van der Waals surface area (Å²) in [5.41, 5.74) is 10.9. The number of rotatable bonds is 9. The molecule has 0 aliphatic heterocycles. The summed E-state index contributed by atoms with van der Waals surface area (Å²) in [6.07, 6.45) is 8.22. The van der Waals surface area contributed by atoms with E-state index in [0.29, 0.717) is 0 Å². The molecule has 2 aromatic heterocycles. The van der Waals surface area contributed by atoms with Gasteiger partial charge in [-0.15, -0.1) is 11.3 Å². The third-order valence-corrected chi connectivity index (χ3v) is 9.96. The Bertz CT molecular complexity index is 2430. The van der Waals surface area contributed by atoms with Crippen LogP contribution in [0.3, 0.4) is 0 Å². The first-order chi connectivity index (χ1) is 24.2. The van der Waals surface area contributed by atoms with E-state index < -0.39 is 0 Å². The van der Waals surface area contributed by atoms with Gasteiger partial charge in [-0.25, -0.2) is 0 Å². The molecule has 0 spiro atoms. The van der Waals surface area contributed by atoms with E-state index >= 15 is 0 Å². The topological polar surface area (TPSA) is 16.4 Å². The van der Waals surface area contributed by atoms with Crippen LogP contribution in [0.1, 0.15) is 5.56 Å². The molecule has 2 heterocycles. The minimum Gasteiger partial charge on any atom is -0.455 e. The smallest absolute Gasteiger partial charge is 0.144 e. The van der Waals surface area contributed by atoms with E-state index in [2.05, 4.69) is 157 Å². The van der Waals surface area contributed by atoms with Crippen molar-refractivity contribution in [2.75, 3.05) is 4.90 Å². The van der Waals surface area contributed by atoms with Gasteiger partial charge in [-0.3, -0.25) is 0 Å². The number of allylic oxidation sites excluding steroid dienone is 4. The van der Waals surface area contributed by atoms with Crippen molar-refractivity contribution >= 4 is 50.2 Å². The maximum absolute atomic E-state index is 6.33. The second-order valence-electron chi connectivity index (χ2n) is 11.8. The summed E-state index contributed by atoms with van der Waals surface area (Å²) in [5, 5.41) is 2.30. The second kappa shape index (κ2) is 13.5. The first-order valence-electron chi connectivity index (χ1n) is 16.4. The lowest BCUT2D eigenvalue weighted by Gasteiger charge is -2.21. The molecule has 6 aromatic carbocycles. The van der Waals surface area contributed by atoms with Crippen LogP contribution in [0.5, 0.6) is 0 Å². The number of benzene rings is 6. The molecule has 0 aliphatic carbocycles. The summed E-state index contributed by atoms with van der Waals surface area (Å²) in [6, 6.07) is 57.4. The first-order valence-corrected chi connectivity index (χ1v) is 17.2. The van der Waals surface area contributed by atoms with Gasteiger partial charge in [0.05, 0.1) is 0 Å². The van der Waals surface area contributed by atoms with Crippen molar-refractivity contribution in [3.8, 4) is 32.0 Å². The predicted octanol–water partition coefficient (Wildman–Crippen LogP) is 13.6. The van der Waals surface area contributed by atoms with E-state index in [1.165, 1.54) is 26.4 Å². The number of para-hydroxylation sites is 2. The summed E-state index contributed by atoms with van der Waals surface area (Å²) in [6.45, 7) is 4.05. The number of hydrogen-bond acceptors (Lipinski definition) is 3. The predicted molar refractivity (Wildman–Crippen MR) is 210 cm³/mol. The molecule has 8 rings (SSSR count). The van der Waals surface area contributed by atoms with Gasteiger partial charge in [0, 0.05) is 43.7 Å². The van der Waals surface area contributed by atoms with Gasteiger partial charge in [-0.2, -0.15) is 0 Å². The molecule has 3 heteroatoms. The number of fused-ring (bicyclic) bond motifs is 3. The van der Waals surface area contributed by atoms with Crippen molar-refractivity contribution in [1.29, 1.82) is 0 Å². The molecule has 0 unspecified atom stereocenters. The van der Waals surface area contributed by atoms with E-state index in [-0.39, 0.29) is 0 Å². The Hall–Kier alpha value is -6.16. The van der Waals surface area contributed by atoms with Gasteiger partial charge in [0.2, 0.25) is 0 Å². The molecule has 234 valence electrons. The molecular formula is C46H33NOS. The summed E-state index contributed by atoms with van der Waals surface area (Å²) in [7, 11) is 0. The van der Waals surface area contributed by atoms with E-state index in [1.807, 2.05) is 42.5 Å². The highest BCUT2D eigenvalue weighted by Crippen LogP contribution is 2.41. The molecule has 0 saturated carbocycles. The van der Waals surface area contributed by atoms with E-state index in [1.54, 1.807) is 11.3 Å². The molecule has 0 aliphatic rings. The number of hydrogen-bond donors (Lipinski definition) is 0. The Kier molecular flexibility index (Phi) is 8.33. The fourth-order valence-electron chi connectivity index (χ4n) is 6.28. The van der Waals surface area contributed by atoms with Gasteiger partial charge < -0.3 is 9.32 Å². The third-order valence-electron chi connectivity index (χ3n) is 8.80. The van der Waals surface area contributed by atoms with Crippen molar-refractivity contribution in [3.05, 3.63) is 200 Å². The lowest BCUT2D eigenvalue weighted by molar-refractivity contribution is 0.670. The Balaban J connectivity index is 1.11. The molecule has 0 amide bonds. The highest BCUT2D eigenvalue weighted by atomic mass is 32.1. The SMILES string of the molecule is C=CC(=CC=CN(c1ccc(-c2ccccc2)cc1)c1ccc(-c2ccc(-c3cccc4c3oc3ccccc34)s2)cc1)c1ccccc1. The van der Waals surface area contributed by atoms with E-state index in [4.69, 9.17) is 4.42 Å². The van der Waals surface area contributed by atoms with Crippen LogP contribution in [-0.4, -0.2) is 0 Å². The molecule has 0 atom stereocenters. The third kappa shape index (κ3) is 6.16. The average molecular weight is 648 g/mol. The molecule has 8 aromatic rings. The molecule has 0 saturated heterocycles. The zero-order chi connectivity index (χ0) is 33.0. The van der Waals surface area contributed by atoms with Crippen LogP contribution in [0.4, 0.5) is 11.4 Å². The Labute approximate surface area is 290 Å². The van der Waals surface area contributed by atoms with Crippen LogP contribution in [0.25, 0.3) is 59.5 Å². The van der Waals surface area contributed by atoms with Crippen LogP contribution >= 0.6 is 11.3 Å². The minimum atomic E-state index is 0.918. The van der Waals surface area contributed by atoms with Crippen molar-refractivity contribution in [2.24, 2.45) is 0 Å². The summed E-state index contributed by atoms with van der Waals surface area (Å²) >= 11 is 1.79. The quantitative estimate of drug-likeness (QED) is 0.145. The van der Waals surface area contributed by atoms with Crippen LogP contribution in [0.2, 0.25) is 0 Å². The highest BCUT2D eigenvalue weighted by molar-refractivity contribution is 7.18. The van der Waals surface area contributed by atoms with Gasteiger partial charge in [0.15, 0.2) is 0 Å². The Morgan fingerprint density at radius 3 is 1.90 bits per heavy atom. The normalized spacial score (nSPS) is 11.8. The zero-order valence-corrected chi connectivity index (χ0v) is 27.7. The molecule has 0 radical (unpaired) electrons. The molecule has 0 fully saturated rings. The second-order valence-corrected chi connectivity index (χ2v) is 12.9. The number of furan rings is 1. The number of anilines is 2. The monoisotopic (exact) mass is 647 g/mol. The summed E-state index contributed by atoms with van der Waals surface area (Å²) < 4.78 is 6.33. The molecule has 49 heavy (non-hydrogen) atoms. The van der Waals surface area contributed by atoms with Gasteiger partial charge in [0.25, 0.3) is 0 Å². The fraction of sp³-hybridized carbons (Fsp3) is 0. The van der Waals surface area contributed by atoms with Gasteiger partial charge in [0.1, 0.15) is 11.2 Å².